The van der Waals surface area contributed by atoms with Crippen molar-refractivity contribution in [2.75, 3.05) is 0 Å². The molecule has 0 aliphatic carbocycles. The van der Waals surface area contributed by atoms with Crippen LogP contribution in [0.4, 0.5) is 0 Å². The van der Waals surface area contributed by atoms with Gasteiger partial charge in [0.25, 0.3) is 0 Å². The third-order valence-electron chi connectivity index (χ3n) is 1.78. The van der Waals surface area contributed by atoms with Crippen LogP contribution in [0, 0.1) is 6.92 Å². The van der Waals surface area contributed by atoms with Gasteiger partial charge in [-0.05, 0) is 22.9 Å². The smallest absolute Gasteiger partial charge is 0.341 e. The number of carboxylic acid groups (broad SMARTS) is 1. The summed E-state index contributed by atoms with van der Waals surface area (Å²) >= 11 is 4.49. The molecule has 0 saturated carbocycles. The number of rotatable bonds is 2. The van der Waals surface area contributed by atoms with Gasteiger partial charge in [-0.1, -0.05) is 5.16 Å². The summed E-state index contributed by atoms with van der Waals surface area (Å²) < 4.78 is 5.64. The molecule has 5 nitrogen and oxygen atoms in total. The van der Waals surface area contributed by atoms with Gasteiger partial charge in [0.1, 0.15) is 5.56 Å². The molecule has 2 rings (SSSR count). The van der Waals surface area contributed by atoms with Crippen LogP contribution in [0.1, 0.15) is 16.1 Å². The number of hydrogen-bond acceptors (Lipinski definition) is 5. The van der Waals surface area contributed by atoms with Crippen LogP contribution in [0.15, 0.2) is 14.6 Å². The monoisotopic (exact) mass is 288 g/mol. The number of thiazole rings is 1. The number of aryl methyl sites for hydroxylation is 1. The molecule has 0 fully saturated rings. The third-order valence-corrected chi connectivity index (χ3v) is 3.25. The van der Waals surface area contributed by atoms with E-state index in [-0.39, 0.29) is 11.3 Å². The predicted molar refractivity (Wildman–Crippen MR) is 57.0 cm³/mol. The van der Waals surface area contributed by atoms with Crippen LogP contribution >= 0.6 is 27.3 Å². The second-order valence-corrected chi connectivity index (χ2v) is 5.06. The number of aromatic nitrogens is 2. The van der Waals surface area contributed by atoms with Gasteiger partial charge in [0.15, 0.2) is 9.68 Å². The third kappa shape index (κ3) is 1.80. The Hall–Kier alpha value is -1.21. The van der Waals surface area contributed by atoms with Gasteiger partial charge in [0, 0.05) is 0 Å². The maximum atomic E-state index is 11.0. The number of halogens is 1. The van der Waals surface area contributed by atoms with Crippen molar-refractivity contribution < 1.29 is 14.4 Å². The average Bonchev–Trinajstić information content (AvgIpc) is 2.71. The van der Waals surface area contributed by atoms with Gasteiger partial charge in [-0.25, -0.2) is 9.78 Å². The minimum absolute atomic E-state index is 0.0890. The zero-order valence-corrected chi connectivity index (χ0v) is 9.92. The van der Waals surface area contributed by atoms with E-state index in [1.165, 1.54) is 11.3 Å². The number of hydrogen-bond donors (Lipinski definition) is 1. The predicted octanol–water partition coefficient (Wildman–Crippen LogP) is 2.57. The van der Waals surface area contributed by atoms with Gasteiger partial charge < -0.3 is 9.63 Å². The molecule has 0 aromatic carbocycles. The van der Waals surface area contributed by atoms with E-state index >= 15 is 0 Å². The van der Waals surface area contributed by atoms with Crippen LogP contribution in [-0.4, -0.2) is 21.2 Å². The summed E-state index contributed by atoms with van der Waals surface area (Å²) in [5.41, 5.74) is 0.452. The normalized spacial score (nSPS) is 10.5. The lowest BCUT2D eigenvalue weighted by atomic mass is 10.2. The molecule has 0 unspecified atom stereocenters. The fourth-order valence-corrected chi connectivity index (χ4v) is 2.40. The van der Waals surface area contributed by atoms with Crippen LogP contribution in [-0.2, 0) is 0 Å². The van der Waals surface area contributed by atoms with E-state index in [4.69, 9.17) is 9.63 Å². The fraction of sp³-hybridized carbons (Fsp3) is 0.125. The van der Waals surface area contributed by atoms with Crippen molar-refractivity contribution in [1.82, 2.24) is 10.1 Å². The lowest BCUT2D eigenvalue weighted by Gasteiger charge is -1.91. The van der Waals surface area contributed by atoms with Gasteiger partial charge in [-0.2, -0.15) is 0 Å². The SMILES string of the molecule is Cc1noc(-c2cnc(Br)s2)c1C(=O)O. The molecule has 0 amide bonds. The number of carboxylic acids is 1. The minimum Gasteiger partial charge on any atom is -0.477 e. The lowest BCUT2D eigenvalue weighted by molar-refractivity contribution is 0.0696. The quantitative estimate of drug-likeness (QED) is 0.919. The van der Waals surface area contributed by atoms with E-state index < -0.39 is 5.97 Å². The number of aromatic carboxylic acids is 1. The molecule has 2 aromatic heterocycles. The highest BCUT2D eigenvalue weighted by Crippen LogP contribution is 2.32. The zero-order chi connectivity index (χ0) is 11.0. The summed E-state index contributed by atoms with van der Waals surface area (Å²) in [5.74, 6) is -0.795. The molecule has 0 saturated heterocycles. The van der Waals surface area contributed by atoms with E-state index in [0.717, 1.165) is 0 Å². The van der Waals surface area contributed by atoms with Gasteiger partial charge in [0.05, 0.1) is 16.8 Å². The molecule has 78 valence electrons. The van der Waals surface area contributed by atoms with Gasteiger partial charge in [-0.3, -0.25) is 0 Å². The Balaban J connectivity index is 2.58. The van der Waals surface area contributed by atoms with E-state index in [9.17, 15) is 4.79 Å². The van der Waals surface area contributed by atoms with E-state index in [1.54, 1.807) is 13.1 Å². The topological polar surface area (TPSA) is 76.2 Å². The summed E-state index contributed by atoms with van der Waals surface area (Å²) in [5, 5.41) is 12.6. The second kappa shape index (κ2) is 3.74. The van der Waals surface area contributed by atoms with Crippen molar-refractivity contribution in [1.29, 1.82) is 0 Å². The van der Waals surface area contributed by atoms with Gasteiger partial charge >= 0.3 is 5.97 Å². The maximum Gasteiger partial charge on any atom is 0.341 e. The lowest BCUT2D eigenvalue weighted by Crippen LogP contribution is -1.98. The standard InChI is InChI=1S/C8H5BrN2O3S/c1-3-5(7(12)13)6(14-11-3)4-2-10-8(9)15-4/h2H,1H3,(H,12,13). The van der Waals surface area contributed by atoms with Crippen molar-refractivity contribution in [3.05, 3.63) is 21.4 Å². The molecule has 0 radical (unpaired) electrons. The first-order valence-corrected chi connectivity index (χ1v) is 5.52. The van der Waals surface area contributed by atoms with Crippen molar-refractivity contribution in [2.45, 2.75) is 6.92 Å². The van der Waals surface area contributed by atoms with Crippen LogP contribution in [0.2, 0.25) is 0 Å². The van der Waals surface area contributed by atoms with Crippen LogP contribution in [0.5, 0.6) is 0 Å². The summed E-state index contributed by atoms with van der Waals surface area (Å²) in [6.45, 7) is 1.59. The van der Waals surface area contributed by atoms with Crippen molar-refractivity contribution in [2.24, 2.45) is 0 Å². The fourth-order valence-electron chi connectivity index (χ4n) is 1.15. The summed E-state index contributed by atoms with van der Waals surface area (Å²) in [6, 6.07) is 0. The molecule has 2 heterocycles. The molecule has 1 N–H and O–H groups in total. The molecule has 0 aliphatic rings. The minimum atomic E-state index is -1.05. The van der Waals surface area contributed by atoms with Gasteiger partial charge in [0.2, 0.25) is 0 Å². The van der Waals surface area contributed by atoms with Crippen LogP contribution in [0.3, 0.4) is 0 Å². The molecule has 15 heavy (non-hydrogen) atoms. The van der Waals surface area contributed by atoms with E-state index in [2.05, 4.69) is 26.1 Å². The number of carbonyl (C=O) groups is 1. The Morgan fingerprint density at radius 1 is 1.67 bits per heavy atom. The summed E-state index contributed by atoms with van der Waals surface area (Å²) in [7, 11) is 0. The number of nitrogens with zero attached hydrogens (tertiary/aromatic N) is 2. The molecule has 0 atom stereocenters. The van der Waals surface area contributed by atoms with Crippen LogP contribution in [0.25, 0.3) is 10.6 Å². The maximum absolute atomic E-state index is 11.0. The molecule has 0 spiro atoms. The molecular weight excluding hydrogens is 284 g/mol. The van der Waals surface area contributed by atoms with E-state index in [0.29, 0.717) is 14.5 Å². The van der Waals surface area contributed by atoms with Crippen molar-refractivity contribution in [3.8, 4) is 10.6 Å². The Labute approximate surface area is 96.9 Å². The molecule has 0 bridgehead atoms. The molecule has 0 aliphatic heterocycles. The Morgan fingerprint density at radius 2 is 2.40 bits per heavy atom. The molecule has 2 aromatic rings. The molecule has 7 heteroatoms. The van der Waals surface area contributed by atoms with Gasteiger partial charge in [-0.15, -0.1) is 11.3 Å². The first-order chi connectivity index (χ1) is 7.09. The Morgan fingerprint density at radius 3 is 2.93 bits per heavy atom. The highest BCUT2D eigenvalue weighted by atomic mass is 79.9. The summed E-state index contributed by atoms with van der Waals surface area (Å²) in [4.78, 5) is 15.6. The molecular formula is C8H5BrN2O3S. The van der Waals surface area contributed by atoms with E-state index in [1.807, 2.05) is 0 Å². The zero-order valence-electron chi connectivity index (χ0n) is 7.52. The highest BCUT2D eigenvalue weighted by molar-refractivity contribution is 9.11. The Kier molecular flexibility index (Phi) is 2.57. The van der Waals surface area contributed by atoms with Crippen molar-refractivity contribution >= 4 is 33.2 Å². The average molecular weight is 289 g/mol. The summed E-state index contributed by atoms with van der Waals surface area (Å²) in [6.07, 6.45) is 1.54. The highest BCUT2D eigenvalue weighted by Gasteiger charge is 2.22. The Bertz CT molecular complexity index is 520. The first kappa shape index (κ1) is 10.3. The van der Waals surface area contributed by atoms with Crippen molar-refractivity contribution in [3.63, 3.8) is 0 Å². The first-order valence-electron chi connectivity index (χ1n) is 3.91. The second-order valence-electron chi connectivity index (χ2n) is 2.75. The van der Waals surface area contributed by atoms with Crippen LogP contribution < -0.4 is 0 Å². The largest absolute Gasteiger partial charge is 0.477 e.